The fourth-order valence-corrected chi connectivity index (χ4v) is 2.00. The van der Waals surface area contributed by atoms with Crippen molar-refractivity contribution in [3.63, 3.8) is 0 Å². The van der Waals surface area contributed by atoms with Gasteiger partial charge in [-0.25, -0.2) is 0 Å². The minimum Gasteiger partial charge on any atom is -0.396 e. The normalized spacial score (nSPS) is 15.5. The lowest BCUT2D eigenvalue weighted by Gasteiger charge is -2.41. The molecule has 0 aliphatic heterocycles. The number of nitrogens with zero attached hydrogens (tertiary/aromatic N) is 1. The third kappa shape index (κ3) is 6.30. The monoisotopic (exact) mass is 249 g/mol. The highest BCUT2D eigenvalue weighted by molar-refractivity contribution is 4.90. The van der Waals surface area contributed by atoms with Gasteiger partial charge in [0.1, 0.15) is 0 Å². The molecule has 0 fully saturated rings. The van der Waals surface area contributed by atoms with E-state index in [0.29, 0.717) is 32.5 Å². The first-order chi connectivity index (χ1) is 7.98. The molecule has 0 aliphatic carbocycles. The molecule has 0 rings (SSSR count). The summed E-state index contributed by atoms with van der Waals surface area (Å²) in [5, 5.41) is 30.5. The SMILES string of the molecule is CN(C)C(CCCO)(CNCCN)CC(O)O. The lowest BCUT2D eigenvalue weighted by atomic mass is 9.87. The van der Waals surface area contributed by atoms with Crippen LogP contribution >= 0.6 is 0 Å². The lowest BCUT2D eigenvalue weighted by Crippen LogP contribution is -2.54. The van der Waals surface area contributed by atoms with Crippen LogP contribution in [0.15, 0.2) is 0 Å². The Bertz CT molecular complexity index is 191. The highest BCUT2D eigenvalue weighted by atomic mass is 16.5. The van der Waals surface area contributed by atoms with E-state index >= 15 is 0 Å². The first-order valence-electron chi connectivity index (χ1n) is 6.03. The molecule has 0 amide bonds. The van der Waals surface area contributed by atoms with Crippen LogP contribution in [0.4, 0.5) is 0 Å². The summed E-state index contributed by atoms with van der Waals surface area (Å²) in [4.78, 5) is 1.98. The molecule has 0 aromatic carbocycles. The zero-order valence-corrected chi connectivity index (χ0v) is 10.9. The maximum absolute atomic E-state index is 9.21. The van der Waals surface area contributed by atoms with Gasteiger partial charge in [0.05, 0.1) is 0 Å². The van der Waals surface area contributed by atoms with E-state index in [9.17, 15) is 10.2 Å². The average Bonchev–Trinajstić information content (AvgIpc) is 2.25. The summed E-state index contributed by atoms with van der Waals surface area (Å²) in [5.41, 5.74) is 5.05. The van der Waals surface area contributed by atoms with Gasteiger partial charge in [0.15, 0.2) is 6.29 Å². The van der Waals surface area contributed by atoms with Gasteiger partial charge >= 0.3 is 0 Å². The molecule has 0 aromatic rings. The number of likely N-dealkylation sites (N-methyl/N-ethyl adjacent to an activating group) is 1. The van der Waals surface area contributed by atoms with Gasteiger partial charge in [-0.1, -0.05) is 0 Å². The fraction of sp³-hybridized carbons (Fsp3) is 1.00. The van der Waals surface area contributed by atoms with Crippen molar-refractivity contribution in [2.75, 3.05) is 40.3 Å². The molecule has 0 aromatic heterocycles. The van der Waals surface area contributed by atoms with E-state index < -0.39 is 6.29 Å². The quantitative estimate of drug-likeness (QED) is 0.234. The lowest BCUT2D eigenvalue weighted by molar-refractivity contribution is -0.0805. The zero-order valence-electron chi connectivity index (χ0n) is 10.9. The molecule has 0 aliphatic rings. The molecule has 6 N–H and O–H groups in total. The third-order valence-electron chi connectivity index (χ3n) is 3.09. The van der Waals surface area contributed by atoms with Crippen LogP contribution in [0.3, 0.4) is 0 Å². The van der Waals surface area contributed by atoms with Crippen LogP contribution < -0.4 is 11.1 Å². The van der Waals surface area contributed by atoms with Crippen molar-refractivity contribution in [2.24, 2.45) is 5.73 Å². The van der Waals surface area contributed by atoms with Gasteiger partial charge in [-0.15, -0.1) is 0 Å². The number of aliphatic hydroxyl groups is 3. The largest absolute Gasteiger partial charge is 0.396 e. The van der Waals surface area contributed by atoms with Crippen molar-refractivity contribution >= 4 is 0 Å². The maximum Gasteiger partial charge on any atom is 0.153 e. The van der Waals surface area contributed by atoms with Crippen LogP contribution in [0.2, 0.25) is 0 Å². The molecule has 6 heteroatoms. The van der Waals surface area contributed by atoms with Crippen molar-refractivity contribution in [1.82, 2.24) is 10.2 Å². The van der Waals surface area contributed by atoms with Gasteiger partial charge in [-0.2, -0.15) is 0 Å². The molecule has 0 saturated carbocycles. The molecule has 0 heterocycles. The molecular weight excluding hydrogens is 222 g/mol. The summed E-state index contributed by atoms with van der Waals surface area (Å²) in [7, 11) is 3.81. The average molecular weight is 249 g/mol. The Morgan fingerprint density at radius 1 is 1.35 bits per heavy atom. The second kappa shape index (κ2) is 8.79. The summed E-state index contributed by atoms with van der Waals surface area (Å²) in [5.74, 6) is 0. The van der Waals surface area contributed by atoms with Gasteiger partial charge in [0, 0.05) is 38.2 Å². The Hall–Kier alpha value is -0.240. The van der Waals surface area contributed by atoms with E-state index in [1.54, 1.807) is 0 Å². The minimum absolute atomic E-state index is 0.105. The van der Waals surface area contributed by atoms with Crippen LogP contribution in [-0.2, 0) is 0 Å². The molecule has 0 spiro atoms. The molecule has 17 heavy (non-hydrogen) atoms. The molecule has 0 saturated heterocycles. The van der Waals surface area contributed by atoms with Crippen molar-refractivity contribution in [2.45, 2.75) is 31.1 Å². The number of nitrogens with two attached hydrogens (primary N) is 1. The van der Waals surface area contributed by atoms with Crippen molar-refractivity contribution in [3.05, 3.63) is 0 Å². The predicted molar refractivity (Wildman–Crippen MR) is 67.5 cm³/mol. The van der Waals surface area contributed by atoms with Gasteiger partial charge in [-0.3, -0.25) is 0 Å². The number of hydrogen-bond donors (Lipinski definition) is 5. The number of rotatable bonds is 10. The second-order valence-corrected chi connectivity index (χ2v) is 4.60. The molecular formula is C11H27N3O3. The summed E-state index contributed by atoms with van der Waals surface area (Å²) in [6.45, 7) is 1.96. The Morgan fingerprint density at radius 3 is 2.41 bits per heavy atom. The molecule has 1 atom stereocenters. The van der Waals surface area contributed by atoms with Crippen LogP contribution in [0, 0.1) is 0 Å². The smallest absolute Gasteiger partial charge is 0.153 e. The van der Waals surface area contributed by atoms with Crippen molar-refractivity contribution in [1.29, 1.82) is 0 Å². The highest BCUT2D eigenvalue weighted by Gasteiger charge is 2.33. The third-order valence-corrected chi connectivity index (χ3v) is 3.09. The topological polar surface area (TPSA) is 102 Å². The minimum atomic E-state index is -1.35. The van der Waals surface area contributed by atoms with Gasteiger partial charge in [0.2, 0.25) is 0 Å². The van der Waals surface area contributed by atoms with Crippen LogP contribution in [0.25, 0.3) is 0 Å². The summed E-state index contributed by atoms with van der Waals surface area (Å²) < 4.78 is 0. The van der Waals surface area contributed by atoms with Crippen LogP contribution in [-0.4, -0.2) is 72.4 Å². The standard InChI is InChI=1S/C11H27N3O3/c1-14(2)11(4-3-7-15,8-10(16)17)9-13-6-5-12/h10,13,15-17H,3-9,12H2,1-2H3. The van der Waals surface area contributed by atoms with Crippen LogP contribution in [0.5, 0.6) is 0 Å². The van der Waals surface area contributed by atoms with E-state index in [1.807, 2.05) is 19.0 Å². The Morgan fingerprint density at radius 2 is 2.00 bits per heavy atom. The van der Waals surface area contributed by atoms with Gasteiger partial charge in [-0.05, 0) is 26.9 Å². The van der Waals surface area contributed by atoms with Crippen molar-refractivity contribution < 1.29 is 15.3 Å². The van der Waals surface area contributed by atoms with E-state index in [0.717, 1.165) is 0 Å². The van der Waals surface area contributed by atoms with Gasteiger partial charge < -0.3 is 31.3 Å². The maximum atomic E-state index is 9.21. The molecule has 6 nitrogen and oxygen atoms in total. The number of hydrogen-bond acceptors (Lipinski definition) is 6. The molecule has 104 valence electrons. The molecule has 1 unspecified atom stereocenters. The van der Waals surface area contributed by atoms with Crippen molar-refractivity contribution in [3.8, 4) is 0 Å². The highest BCUT2D eigenvalue weighted by Crippen LogP contribution is 2.24. The first kappa shape index (κ1) is 16.8. The van der Waals surface area contributed by atoms with E-state index in [-0.39, 0.29) is 18.6 Å². The Labute approximate surface area is 103 Å². The van der Waals surface area contributed by atoms with Crippen LogP contribution in [0.1, 0.15) is 19.3 Å². The number of nitrogens with one attached hydrogen (secondary N) is 1. The van der Waals surface area contributed by atoms with E-state index in [1.165, 1.54) is 0 Å². The Kier molecular flexibility index (Phi) is 8.67. The summed E-state index contributed by atoms with van der Waals surface area (Å²) >= 11 is 0. The predicted octanol–water partition coefficient (Wildman–Crippen LogP) is -1.69. The Balaban J connectivity index is 4.57. The van der Waals surface area contributed by atoms with Gasteiger partial charge in [0.25, 0.3) is 0 Å². The summed E-state index contributed by atoms with van der Waals surface area (Å²) in [6.07, 6.45) is 0.231. The van der Waals surface area contributed by atoms with E-state index in [2.05, 4.69) is 5.32 Å². The first-order valence-corrected chi connectivity index (χ1v) is 6.03. The second-order valence-electron chi connectivity index (χ2n) is 4.60. The molecule has 0 bridgehead atoms. The fourth-order valence-electron chi connectivity index (χ4n) is 2.00. The zero-order chi connectivity index (χ0) is 13.3. The van der Waals surface area contributed by atoms with E-state index in [4.69, 9.17) is 10.8 Å². The number of aliphatic hydroxyl groups excluding tert-OH is 2. The molecule has 0 radical (unpaired) electrons. The summed E-state index contributed by atoms with van der Waals surface area (Å²) in [6, 6.07) is 0.